The van der Waals surface area contributed by atoms with E-state index in [1.807, 2.05) is 0 Å². The zero-order valence-corrected chi connectivity index (χ0v) is 16.9. The molecule has 2 aromatic heterocycles. The molecule has 10 heteroatoms. The molecular formula is C19H16F3N3O2S2. The second-order valence-corrected chi connectivity index (χ2v) is 8.73. The van der Waals surface area contributed by atoms with E-state index in [-0.39, 0.29) is 17.0 Å². The average Bonchev–Trinajstić information content (AvgIpc) is 3.24. The minimum Gasteiger partial charge on any atom is -0.325 e. The van der Waals surface area contributed by atoms with E-state index in [1.54, 1.807) is 7.05 Å². The SMILES string of the molecule is Cn1c(SCC(=O)Nc2ccc(C(F)(F)F)cc2)nc2sc3c(c2c1=O)CCC3. The van der Waals surface area contributed by atoms with Gasteiger partial charge in [-0.1, -0.05) is 11.8 Å². The molecule has 0 aliphatic heterocycles. The molecule has 0 unspecified atom stereocenters. The highest BCUT2D eigenvalue weighted by molar-refractivity contribution is 7.99. The first-order valence-corrected chi connectivity index (χ1v) is 10.7. The van der Waals surface area contributed by atoms with Gasteiger partial charge in [-0.05, 0) is 49.1 Å². The van der Waals surface area contributed by atoms with Crippen LogP contribution in [0.25, 0.3) is 10.2 Å². The van der Waals surface area contributed by atoms with Gasteiger partial charge in [0.15, 0.2) is 5.16 Å². The summed E-state index contributed by atoms with van der Waals surface area (Å²) in [6.07, 6.45) is -1.50. The number of aryl methyl sites for hydroxylation is 2. The Labute approximate surface area is 172 Å². The molecule has 0 atom stereocenters. The molecule has 29 heavy (non-hydrogen) atoms. The van der Waals surface area contributed by atoms with E-state index < -0.39 is 17.6 Å². The van der Waals surface area contributed by atoms with E-state index in [9.17, 15) is 22.8 Å². The number of fused-ring (bicyclic) bond motifs is 3. The van der Waals surface area contributed by atoms with Gasteiger partial charge < -0.3 is 5.32 Å². The molecule has 2 heterocycles. The Morgan fingerprint density at radius 2 is 2.00 bits per heavy atom. The minimum atomic E-state index is -4.42. The predicted molar refractivity (Wildman–Crippen MR) is 108 cm³/mol. The lowest BCUT2D eigenvalue weighted by Gasteiger charge is -2.10. The fourth-order valence-electron chi connectivity index (χ4n) is 3.30. The first-order valence-electron chi connectivity index (χ1n) is 8.85. The van der Waals surface area contributed by atoms with Crippen molar-refractivity contribution in [1.82, 2.24) is 9.55 Å². The molecule has 0 saturated heterocycles. The van der Waals surface area contributed by atoms with Crippen LogP contribution in [0.2, 0.25) is 0 Å². The van der Waals surface area contributed by atoms with Crippen molar-refractivity contribution < 1.29 is 18.0 Å². The lowest BCUT2D eigenvalue weighted by Crippen LogP contribution is -2.21. The van der Waals surface area contributed by atoms with E-state index in [2.05, 4.69) is 10.3 Å². The van der Waals surface area contributed by atoms with Gasteiger partial charge in [0, 0.05) is 17.6 Å². The van der Waals surface area contributed by atoms with Crippen molar-refractivity contribution in [2.45, 2.75) is 30.6 Å². The van der Waals surface area contributed by atoms with Crippen molar-refractivity contribution in [3.63, 3.8) is 0 Å². The zero-order chi connectivity index (χ0) is 20.8. The smallest absolute Gasteiger partial charge is 0.325 e. The van der Waals surface area contributed by atoms with E-state index in [0.29, 0.717) is 15.4 Å². The van der Waals surface area contributed by atoms with Crippen LogP contribution < -0.4 is 10.9 Å². The second-order valence-electron chi connectivity index (χ2n) is 6.71. The van der Waals surface area contributed by atoms with Crippen LogP contribution in [-0.4, -0.2) is 21.2 Å². The number of amides is 1. The number of alkyl halides is 3. The Hall–Kier alpha value is -2.33. The maximum absolute atomic E-state index is 12.7. The van der Waals surface area contributed by atoms with E-state index >= 15 is 0 Å². The Balaban J connectivity index is 1.46. The van der Waals surface area contributed by atoms with E-state index in [4.69, 9.17) is 0 Å². The number of halogens is 3. The maximum Gasteiger partial charge on any atom is 0.416 e. The number of benzene rings is 1. The third kappa shape index (κ3) is 3.91. The second kappa shape index (κ2) is 7.49. The third-order valence-corrected chi connectivity index (χ3v) is 6.95. The molecule has 1 N–H and O–H groups in total. The fraction of sp³-hybridized carbons (Fsp3) is 0.316. The number of anilines is 1. The molecule has 0 fully saturated rings. The number of carbonyl (C=O) groups excluding carboxylic acids is 1. The molecule has 3 aromatic rings. The van der Waals surface area contributed by atoms with Crippen molar-refractivity contribution in [3.8, 4) is 0 Å². The van der Waals surface area contributed by atoms with Crippen LogP contribution in [0.1, 0.15) is 22.4 Å². The van der Waals surface area contributed by atoms with Gasteiger partial charge in [0.05, 0.1) is 16.7 Å². The summed E-state index contributed by atoms with van der Waals surface area (Å²) < 4.78 is 39.2. The Morgan fingerprint density at radius 1 is 1.28 bits per heavy atom. The lowest BCUT2D eigenvalue weighted by atomic mass is 10.2. The molecule has 1 aliphatic carbocycles. The molecule has 5 nitrogen and oxygen atoms in total. The third-order valence-electron chi connectivity index (χ3n) is 4.73. The van der Waals surface area contributed by atoms with E-state index in [0.717, 1.165) is 48.7 Å². The van der Waals surface area contributed by atoms with Crippen LogP contribution in [0, 0.1) is 0 Å². The van der Waals surface area contributed by atoms with Crippen LogP contribution in [0.4, 0.5) is 18.9 Å². The summed E-state index contributed by atoms with van der Waals surface area (Å²) >= 11 is 2.65. The largest absolute Gasteiger partial charge is 0.416 e. The fourth-order valence-corrected chi connectivity index (χ4v) is 5.38. The van der Waals surface area contributed by atoms with Gasteiger partial charge in [0.2, 0.25) is 5.91 Å². The number of thiophene rings is 1. The van der Waals surface area contributed by atoms with Gasteiger partial charge in [0.1, 0.15) is 4.83 Å². The predicted octanol–water partition coefficient (Wildman–Crippen LogP) is 4.23. The summed E-state index contributed by atoms with van der Waals surface area (Å²) in [6, 6.07) is 4.24. The molecule has 152 valence electrons. The first kappa shape index (κ1) is 20.0. The normalized spacial score (nSPS) is 13.7. The lowest BCUT2D eigenvalue weighted by molar-refractivity contribution is -0.137. The van der Waals surface area contributed by atoms with Crippen molar-refractivity contribution in [2.75, 3.05) is 11.1 Å². The standard InChI is InChI=1S/C19H16F3N3O2S2/c1-25-17(27)15-12-3-2-4-13(12)29-16(15)24-18(25)28-9-14(26)23-11-7-5-10(6-8-11)19(20,21)22/h5-8H,2-4,9H2,1H3,(H,23,26). The molecule has 0 radical (unpaired) electrons. The number of thioether (sulfide) groups is 1. The van der Waals surface area contributed by atoms with Crippen LogP contribution >= 0.6 is 23.1 Å². The number of carbonyl (C=O) groups is 1. The minimum absolute atomic E-state index is 0.0160. The number of aromatic nitrogens is 2. The highest BCUT2D eigenvalue weighted by atomic mass is 32.2. The van der Waals surface area contributed by atoms with Crippen LogP contribution in [-0.2, 0) is 30.9 Å². The summed E-state index contributed by atoms with van der Waals surface area (Å²) in [5, 5.41) is 3.67. The highest BCUT2D eigenvalue weighted by Crippen LogP contribution is 2.35. The molecule has 0 bridgehead atoms. The summed E-state index contributed by atoms with van der Waals surface area (Å²) in [6.45, 7) is 0. The summed E-state index contributed by atoms with van der Waals surface area (Å²) in [5.74, 6) is -0.407. The number of hydrogen-bond acceptors (Lipinski definition) is 5. The quantitative estimate of drug-likeness (QED) is 0.488. The van der Waals surface area contributed by atoms with Gasteiger partial charge in [-0.3, -0.25) is 14.2 Å². The van der Waals surface area contributed by atoms with Crippen LogP contribution in [0.15, 0.2) is 34.2 Å². The van der Waals surface area contributed by atoms with E-state index in [1.165, 1.54) is 32.9 Å². The first-order chi connectivity index (χ1) is 13.7. The molecule has 1 aromatic carbocycles. The molecular weight excluding hydrogens is 423 g/mol. The Kier molecular flexibility index (Phi) is 5.16. The van der Waals surface area contributed by atoms with Crippen molar-refractivity contribution in [1.29, 1.82) is 0 Å². The van der Waals surface area contributed by atoms with Gasteiger partial charge in [-0.25, -0.2) is 4.98 Å². The van der Waals surface area contributed by atoms with Crippen LogP contribution in [0.5, 0.6) is 0 Å². The van der Waals surface area contributed by atoms with Crippen molar-refractivity contribution in [2.24, 2.45) is 7.05 Å². The Bertz CT molecular complexity index is 1150. The topological polar surface area (TPSA) is 64.0 Å². The van der Waals surface area contributed by atoms with Gasteiger partial charge in [-0.2, -0.15) is 13.2 Å². The number of nitrogens with one attached hydrogen (secondary N) is 1. The van der Waals surface area contributed by atoms with Gasteiger partial charge in [-0.15, -0.1) is 11.3 Å². The number of hydrogen-bond donors (Lipinski definition) is 1. The molecule has 4 rings (SSSR count). The summed E-state index contributed by atoms with van der Waals surface area (Å²) in [4.78, 5) is 31.4. The monoisotopic (exact) mass is 439 g/mol. The molecule has 0 spiro atoms. The summed E-state index contributed by atoms with van der Waals surface area (Å²) in [5.41, 5.74) is 0.491. The molecule has 0 saturated carbocycles. The van der Waals surface area contributed by atoms with Crippen molar-refractivity contribution in [3.05, 3.63) is 50.6 Å². The molecule has 1 amide bonds. The van der Waals surface area contributed by atoms with Gasteiger partial charge in [0.25, 0.3) is 5.56 Å². The maximum atomic E-state index is 12.7. The number of rotatable bonds is 4. The average molecular weight is 439 g/mol. The zero-order valence-electron chi connectivity index (χ0n) is 15.3. The van der Waals surface area contributed by atoms with Crippen molar-refractivity contribution >= 4 is 44.9 Å². The summed E-state index contributed by atoms with van der Waals surface area (Å²) in [7, 11) is 1.63. The molecule has 1 aliphatic rings. The highest BCUT2D eigenvalue weighted by Gasteiger charge is 2.30. The number of nitrogens with zero attached hydrogens (tertiary/aromatic N) is 2. The Morgan fingerprint density at radius 3 is 2.69 bits per heavy atom. The van der Waals surface area contributed by atoms with Gasteiger partial charge >= 0.3 is 6.18 Å². The van der Waals surface area contributed by atoms with Crippen LogP contribution in [0.3, 0.4) is 0 Å².